The highest BCUT2D eigenvalue weighted by Gasteiger charge is 2.15. The molecule has 5 nitrogen and oxygen atoms in total. The molecular weight excluding hydrogens is 320 g/mol. The maximum absolute atomic E-state index is 5.41. The van der Waals surface area contributed by atoms with Gasteiger partial charge in [0.15, 0.2) is 5.82 Å². The monoisotopic (exact) mass is 334 g/mol. The van der Waals surface area contributed by atoms with Crippen LogP contribution in [0.3, 0.4) is 0 Å². The fraction of sp³-hybridized carbons (Fsp3) is 0.0556. The second-order valence-electron chi connectivity index (χ2n) is 5.10. The van der Waals surface area contributed by atoms with Crippen LogP contribution in [0.1, 0.15) is 10.6 Å². The topological polar surface area (TPSA) is 52.3 Å². The van der Waals surface area contributed by atoms with Crippen molar-refractivity contribution in [1.82, 2.24) is 19.8 Å². The molecule has 0 N–H and O–H groups in total. The molecule has 0 aliphatic rings. The molecule has 2 aromatic heterocycles. The maximum atomic E-state index is 5.41. The molecule has 0 amide bonds. The normalized spacial score (nSPS) is 11.4. The first-order valence-corrected chi connectivity index (χ1v) is 8.25. The summed E-state index contributed by atoms with van der Waals surface area (Å²) in [6.45, 7) is 0. The van der Waals surface area contributed by atoms with Crippen molar-refractivity contribution >= 4 is 28.4 Å². The smallest absolute Gasteiger partial charge is 0.235 e. The molecule has 0 spiro atoms. The average molecular weight is 334 g/mol. The lowest BCUT2D eigenvalue weighted by atomic mass is 10.2. The van der Waals surface area contributed by atoms with Crippen molar-refractivity contribution < 1.29 is 4.74 Å². The van der Waals surface area contributed by atoms with Gasteiger partial charge in [0.2, 0.25) is 4.96 Å². The molecule has 0 bridgehead atoms. The summed E-state index contributed by atoms with van der Waals surface area (Å²) in [5, 5.41) is 14.0. The number of aromatic nitrogens is 4. The van der Waals surface area contributed by atoms with Crippen molar-refractivity contribution in [2.45, 2.75) is 0 Å². The van der Waals surface area contributed by atoms with Crippen LogP contribution in [0.4, 0.5) is 0 Å². The van der Waals surface area contributed by atoms with Gasteiger partial charge in [0.05, 0.1) is 12.7 Å². The maximum Gasteiger partial charge on any atom is 0.235 e. The molecule has 6 heteroatoms. The quantitative estimate of drug-likeness (QED) is 0.565. The van der Waals surface area contributed by atoms with Crippen LogP contribution in [-0.4, -0.2) is 26.9 Å². The largest absolute Gasteiger partial charge is 0.496 e. The highest BCUT2D eigenvalue weighted by molar-refractivity contribution is 7.17. The van der Waals surface area contributed by atoms with Crippen LogP contribution in [-0.2, 0) is 0 Å². The number of para-hydroxylation sites is 1. The standard InChI is InChI=1S/C18H14N4OS/c1-23-15-10-6-5-9-14(15)17-19-20-18-22(17)21-16(24-18)12-11-13-7-3-2-4-8-13/h2-12H,1H3/b12-11-. The molecule has 2 aromatic carbocycles. The Morgan fingerprint density at radius 1 is 0.958 bits per heavy atom. The van der Waals surface area contributed by atoms with E-state index in [-0.39, 0.29) is 0 Å². The van der Waals surface area contributed by atoms with Crippen molar-refractivity contribution in [1.29, 1.82) is 0 Å². The molecule has 0 aliphatic carbocycles. The van der Waals surface area contributed by atoms with E-state index >= 15 is 0 Å². The third-order valence-corrected chi connectivity index (χ3v) is 4.44. The van der Waals surface area contributed by atoms with Crippen molar-refractivity contribution in [2.24, 2.45) is 0 Å². The fourth-order valence-corrected chi connectivity index (χ4v) is 3.17. The van der Waals surface area contributed by atoms with Crippen molar-refractivity contribution in [3.63, 3.8) is 0 Å². The molecule has 4 aromatic rings. The van der Waals surface area contributed by atoms with E-state index < -0.39 is 0 Å². The highest BCUT2D eigenvalue weighted by Crippen LogP contribution is 2.29. The van der Waals surface area contributed by atoms with Gasteiger partial charge in [0.25, 0.3) is 0 Å². The van der Waals surface area contributed by atoms with E-state index in [4.69, 9.17) is 4.74 Å². The second-order valence-corrected chi connectivity index (χ2v) is 6.09. The van der Waals surface area contributed by atoms with Crippen LogP contribution in [0.5, 0.6) is 5.75 Å². The molecular formula is C18H14N4OS. The number of hydrogen-bond donors (Lipinski definition) is 0. The van der Waals surface area contributed by atoms with Gasteiger partial charge < -0.3 is 4.74 Å². The lowest BCUT2D eigenvalue weighted by molar-refractivity contribution is 0.416. The number of benzene rings is 2. The molecule has 0 fully saturated rings. The van der Waals surface area contributed by atoms with Gasteiger partial charge in [0.1, 0.15) is 10.8 Å². The Kier molecular flexibility index (Phi) is 3.80. The predicted molar refractivity (Wildman–Crippen MR) is 96.0 cm³/mol. The zero-order valence-electron chi connectivity index (χ0n) is 13.0. The third kappa shape index (κ3) is 2.68. The Labute approximate surface area is 142 Å². The van der Waals surface area contributed by atoms with Crippen LogP contribution >= 0.6 is 11.3 Å². The van der Waals surface area contributed by atoms with Crippen LogP contribution in [0.15, 0.2) is 54.6 Å². The summed E-state index contributed by atoms with van der Waals surface area (Å²) in [5.41, 5.74) is 2.00. The zero-order valence-corrected chi connectivity index (χ0v) is 13.8. The lowest BCUT2D eigenvalue weighted by Gasteiger charge is -2.04. The van der Waals surface area contributed by atoms with Crippen LogP contribution in [0.25, 0.3) is 28.5 Å². The van der Waals surface area contributed by atoms with Gasteiger partial charge in [-0.25, -0.2) is 0 Å². The van der Waals surface area contributed by atoms with Gasteiger partial charge in [-0.3, -0.25) is 0 Å². The van der Waals surface area contributed by atoms with Gasteiger partial charge >= 0.3 is 0 Å². The summed E-state index contributed by atoms with van der Waals surface area (Å²) in [6.07, 6.45) is 4.02. The first kappa shape index (κ1) is 14.6. The molecule has 0 aliphatic heterocycles. The molecule has 118 valence electrons. The first-order valence-electron chi connectivity index (χ1n) is 7.44. The Balaban J connectivity index is 1.73. The van der Waals surface area contributed by atoms with E-state index in [1.807, 2.05) is 54.6 Å². The number of fused-ring (bicyclic) bond motifs is 1. The van der Waals surface area contributed by atoms with Gasteiger partial charge in [-0.15, -0.1) is 10.2 Å². The Morgan fingerprint density at radius 3 is 2.58 bits per heavy atom. The molecule has 0 radical (unpaired) electrons. The molecule has 0 unspecified atom stereocenters. The van der Waals surface area contributed by atoms with Crippen molar-refractivity contribution in [3.05, 3.63) is 65.2 Å². The average Bonchev–Trinajstić information content (AvgIpc) is 3.21. The summed E-state index contributed by atoms with van der Waals surface area (Å²) in [6, 6.07) is 17.9. The zero-order chi connectivity index (χ0) is 16.4. The number of rotatable bonds is 4. The van der Waals surface area contributed by atoms with E-state index in [9.17, 15) is 0 Å². The molecule has 24 heavy (non-hydrogen) atoms. The van der Waals surface area contributed by atoms with Crippen LogP contribution < -0.4 is 4.74 Å². The summed E-state index contributed by atoms with van der Waals surface area (Å²) in [4.78, 5) is 0.753. The van der Waals surface area contributed by atoms with Gasteiger partial charge in [-0.1, -0.05) is 59.9 Å². The highest BCUT2D eigenvalue weighted by atomic mass is 32.1. The first-order chi connectivity index (χ1) is 11.8. The summed E-state index contributed by atoms with van der Waals surface area (Å²) < 4.78 is 7.17. The lowest BCUT2D eigenvalue weighted by Crippen LogP contribution is -1.94. The fourth-order valence-electron chi connectivity index (χ4n) is 2.43. The summed E-state index contributed by atoms with van der Waals surface area (Å²) >= 11 is 1.50. The number of ether oxygens (including phenoxy) is 1. The van der Waals surface area contributed by atoms with Crippen LogP contribution in [0, 0.1) is 0 Å². The SMILES string of the molecule is COc1ccccc1-c1nnc2sc(/C=C\c3ccccc3)nn12. The molecule has 0 saturated heterocycles. The van der Waals surface area contributed by atoms with E-state index in [1.54, 1.807) is 11.6 Å². The minimum atomic E-state index is 0.679. The minimum Gasteiger partial charge on any atom is -0.496 e. The van der Waals surface area contributed by atoms with E-state index in [0.29, 0.717) is 5.82 Å². The Hall–Kier alpha value is -2.99. The number of methoxy groups -OCH3 is 1. The van der Waals surface area contributed by atoms with Gasteiger partial charge in [-0.05, 0) is 23.8 Å². The molecule has 0 atom stereocenters. The number of nitrogens with zero attached hydrogens (tertiary/aromatic N) is 4. The Bertz CT molecular complexity index is 1000. The number of hydrogen-bond acceptors (Lipinski definition) is 5. The van der Waals surface area contributed by atoms with Gasteiger partial charge in [0, 0.05) is 0 Å². The third-order valence-electron chi connectivity index (χ3n) is 3.57. The van der Waals surface area contributed by atoms with E-state index in [2.05, 4.69) is 27.4 Å². The summed E-state index contributed by atoms with van der Waals surface area (Å²) in [7, 11) is 1.64. The predicted octanol–water partition coefficient (Wildman–Crippen LogP) is 4.03. The molecule has 4 rings (SSSR count). The second kappa shape index (κ2) is 6.25. The molecule has 0 saturated carbocycles. The van der Waals surface area contributed by atoms with Crippen molar-refractivity contribution in [3.8, 4) is 17.1 Å². The minimum absolute atomic E-state index is 0.679. The van der Waals surface area contributed by atoms with Gasteiger partial charge in [-0.2, -0.15) is 9.61 Å². The van der Waals surface area contributed by atoms with E-state index in [0.717, 1.165) is 26.8 Å². The summed E-state index contributed by atoms with van der Waals surface area (Å²) in [5.74, 6) is 1.43. The van der Waals surface area contributed by atoms with E-state index in [1.165, 1.54) is 11.3 Å². The van der Waals surface area contributed by atoms with Crippen molar-refractivity contribution in [2.75, 3.05) is 7.11 Å². The Morgan fingerprint density at radius 2 is 1.75 bits per heavy atom. The molecule has 2 heterocycles. The van der Waals surface area contributed by atoms with Crippen LogP contribution in [0.2, 0.25) is 0 Å².